The average molecular weight is 240 g/mol. The van der Waals surface area contributed by atoms with Crippen molar-refractivity contribution in [2.45, 2.75) is 44.6 Å². The van der Waals surface area contributed by atoms with Crippen LogP contribution in [0.1, 0.15) is 38.5 Å². The highest BCUT2D eigenvalue weighted by molar-refractivity contribution is 4.78. The van der Waals surface area contributed by atoms with Gasteiger partial charge in [-0.2, -0.15) is 0 Å². The van der Waals surface area contributed by atoms with E-state index in [0.29, 0.717) is 5.92 Å². The molecule has 1 saturated carbocycles. The van der Waals surface area contributed by atoms with Gasteiger partial charge < -0.3 is 15.3 Å². The zero-order valence-corrected chi connectivity index (χ0v) is 11.2. The molecule has 2 N–H and O–H groups in total. The lowest BCUT2D eigenvalue weighted by molar-refractivity contribution is 0.0480. The van der Waals surface area contributed by atoms with Gasteiger partial charge in [-0.1, -0.05) is 12.8 Å². The van der Waals surface area contributed by atoms with E-state index in [1.54, 1.807) is 0 Å². The molecule has 100 valence electrons. The Morgan fingerprint density at radius 3 is 2.65 bits per heavy atom. The van der Waals surface area contributed by atoms with Gasteiger partial charge in [0.1, 0.15) is 0 Å². The summed E-state index contributed by atoms with van der Waals surface area (Å²) < 4.78 is 0. The Morgan fingerprint density at radius 2 is 1.94 bits per heavy atom. The second kappa shape index (κ2) is 6.72. The van der Waals surface area contributed by atoms with E-state index in [2.05, 4.69) is 17.3 Å². The number of piperidine rings is 1. The summed E-state index contributed by atoms with van der Waals surface area (Å²) in [5, 5.41) is 13.5. The third kappa shape index (κ3) is 4.23. The van der Waals surface area contributed by atoms with Crippen molar-refractivity contribution < 1.29 is 5.11 Å². The molecule has 0 spiro atoms. The molecule has 1 aliphatic carbocycles. The second-order valence-electron chi connectivity index (χ2n) is 6.05. The maximum Gasteiger partial charge on any atom is 0.0580 e. The smallest absolute Gasteiger partial charge is 0.0580 e. The number of rotatable bonds is 4. The van der Waals surface area contributed by atoms with Gasteiger partial charge in [-0.25, -0.2) is 0 Å². The van der Waals surface area contributed by atoms with E-state index in [0.717, 1.165) is 18.9 Å². The first-order valence-corrected chi connectivity index (χ1v) is 7.33. The molecule has 1 aliphatic heterocycles. The monoisotopic (exact) mass is 240 g/mol. The molecule has 0 aromatic rings. The van der Waals surface area contributed by atoms with Gasteiger partial charge in [-0.15, -0.1) is 0 Å². The fourth-order valence-electron chi connectivity index (χ4n) is 3.40. The number of nitrogens with zero attached hydrogens (tertiary/aromatic N) is 1. The summed E-state index contributed by atoms with van der Waals surface area (Å²) in [5.41, 5.74) is 0. The van der Waals surface area contributed by atoms with Crippen LogP contribution in [-0.4, -0.2) is 49.3 Å². The minimum absolute atomic E-state index is 0.0457. The number of hydrogen-bond donors (Lipinski definition) is 2. The average Bonchev–Trinajstić information content (AvgIpc) is 2.33. The first-order valence-electron chi connectivity index (χ1n) is 7.33. The van der Waals surface area contributed by atoms with Crippen molar-refractivity contribution in [1.82, 2.24) is 10.2 Å². The van der Waals surface area contributed by atoms with Gasteiger partial charge in [-0.05, 0) is 57.7 Å². The molecule has 17 heavy (non-hydrogen) atoms. The van der Waals surface area contributed by atoms with Crippen molar-refractivity contribution in [3.05, 3.63) is 0 Å². The van der Waals surface area contributed by atoms with Crippen LogP contribution in [0.5, 0.6) is 0 Å². The highest BCUT2D eigenvalue weighted by atomic mass is 16.3. The van der Waals surface area contributed by atoms with Crippen molar-refractivity contribution in [2.75, 3.05) is 33.2 Å². The van der Waals surface area contributed by atoms with E-state index in [9.17, 15) is 5.11 Å². The SMILES string of the molecule is CN(CC1CCCNC1)CC1CCCCC1O. The van der Waals surface area contributed by atoms with Crippen LogP contribution in [-0.2, 0) is 0 Å². The summed E-state index contributed by atoms with van der Waals surface area (Å²) in [6.07, 6.45) is 7.40. The Labute approximate surface area is 106 Å². The summed E-state index contributed by atoms with van der Waals surface area (Å²) in [6, 6.07) is 0. The molecule has 3 atom stereocenters. The molecule has 1 heterocycles. The van der Waals surface area contributed by atoms with Crippen molar-refractivity contribution >= 4 is 0 Å². The third-order valence-corrected chi connectivity index (χ3v) is 4.38. The van der Waals surface area contributed by atoms with Crippen LogP contribution < -0.4 is 5.32 Å². The second-order valence-corrected chi connectivity index (χ2v) is 6.05. The van der Waals surface area contributed by atoms with Gasteiger partial charge in [0.15, 0.2) is 0 Å². The van der Waals surface area contributed by atoms with E-state index in [4.69, 9.17) is 0 Å². The lowest BCUT2D eigenvalue weighted by Crippen LogP contribution is -2.40. The number of hydrogen-bond acceptors (Lipinski definition) is 3. The van der Waals surface area contributed by atoms with E-state index >= 15 is 0 Å². The maximum absolute atomic E-state index is 9.98. The fraction of sp³-hybridized carbons (Fsp3) is 1.00. The summed E-state index contributed by atoms with van der Waals surface area (Å²) in [5.74, 6) is 1.33. The largest absolute Gasteiger partial charge is 0.393 e. The Hall–Kier alpha value is -0.120. The zero-order chi connectivity index (χ0) is 12.1. The minimum Gasteiger partial charge on any atom is -0.393 e. The van der Waals surface area contributed by atoms with Gasteiger partial charge >= 0.3 is 0 Å². The Kier molecular flexibility index (Phi) is 5.26. The summed E-state index contributed by atoms with van der Waals surface area (Å²) in [6.45, 7) is 4.65. The number of nitrogens with one attached hydrogen (secondary N) is 1. The van der Waals surface area contributed by atoms with Crippen LogP contribution >= 0.6 is 0 Å². The van der Waals surface area contributed by atoms with Crippen LogP contribution in [0, 0.1) is 11.8 Å². The molecule has 0 radical (unpaired) electrons. The standard InChI is InChI=1S/C14H28N2O/c1-16(10-12-5-4-8-15-9-12)11-13-6-2-3-7-14(13)17/h12-15,17H,2-11H2,1H3. The van der Waals surface area contributed by atoms with Gasteiger partial charge in [-0.3, -0.25) is 0 Å². The molecule has 1 saturated heterocycles. The molecule has 0 amide bonds. The number of aliphatic hydroxyl groups excluding tert-OH is 1. The fourth-order valence-corrected chi connectivity index (χ4v) is 3.40. The van der Waals surface area contributed by atoms with E-state index in [-0.39, 0.29) is 6.10 Å². The van der Waals surface area contributed by atoms with Crippen molar-refractivity contribution in [3.8, 4) is 0 Å². The summed E-state index contributed by atoms with van der Waals surface area (Å²) >= 11 is 0. The van der Waals surface area contributed by atoms with E-state index < -0.39 is 0 Å². The molecule has 2 rings (SSSR count). The normalized spacial score (nSPS) is 35.1. The van der Waals surface area contributed by atoms with Crippen molar-refractivity contribution in [2.24, 2.45) is 11.8 Å². The van der Waals surface area contributed by atoms with Crippen LogP contribution in [0.3, 0.4) is 0 Å². The first-order chi connectivity index (χ1) is 8.25. The highest BCUT2D eigenvalue weighted by Crippen LogP contribution is 2.25. The van der Waals surface area contributed by atoms with Crippen LogP contribution in [0.4, 0.5) is 0 Å². The quantitative estimate of drug-likeness (QED) is 0.781. The van der Waals surface area contributed by atoms with Gasteiger partial charge in [0.2, 0.25) is 0 Å². The Bertz CT molecular complexity index is 216. The third-order valence-electron chi connectivity index (χ3n) is 4.38. The van der Waals surface area contributed by atoms with Crippen molar-refractivity contribution in [3.63, 3.8) is 0 Å². The van der Waals surface area contributed by atoms with E-state index in [1.165, 1.54) is 51.7 Å². The zero-order valence-electron chi connectivity index (χ0n) is 11.2. The first kappa shape index (κ1) is 13.3. The molecule has 0 aromatic carbocycles. The minimum atomic E-state index is -0.0457. The van der Waals surface area contributed by atoms with Gasteiger partial charge in [0.05, 0.1) is 6.10 Å². The molecule has 3 nitrogen and oxygen atoms in total. The predicted molar refractivity (Wildman–Crippen MR) is 71.1 cm³/mol. The van der Waals surface area contributed by atoms with Crippen LogP contribution in [0.2, 0.25) is 0 Å². The lowest BCUT2D eigenvalue weighted by atomic mass is 9.86. The molecule has 3 unspecified atom stereocenters. The summed E-state index contributed by atoms with van der Waals surface area (Å²) in [4.78, 5) is 2.44. The topological polar surface area (TPSA) is 35.5 Å². The molecule has 0 bridgehead atoms. The van der Waals surface area contributed by atoms with E-state index in [1.807, 2.05) is 0 Å². The molecule has 3 heteroatoms. The molecular weight excluding hydrogens is 212 g/mol. The van der Waals surface area contributed by atoms with Crippen LogP contribution in [0.15, 0.2) is 0 Å². The predicted octanol–water partition coefficient (Wildman–Crippen LogP) is 1.47. The highest BCUT2D eigenvalue weighted by Gasteiger charge is 2.25. The summed E-state index contributed by atoms with van der Waals surface area (Å²) in [7, 11) is 2.22. The van der Waals surface area contributed by atoms with Crippen molar-refractivity contribution in [1.29, 1.82) is 0 Å². The van der Waals surface area contributed by atoms with Crippen LogP contribution in [0.25, 0.3) is 0 Å². The lowest BCUT2D eigenvalue weighted by Gasteiger charge is -2.33. The molecular formula is C14H28N2O. The molecule has 2 fully saturated rings. The Balaban J connectivity index is 1.70. The van der Waals surface area contributed by atoms with Gasteiger partial charge in [0, 0.05) is 13.1 Å². The maximum atomic E-state index is 9.98. The number of aliphatic hydroxyl groups is 1. The molecule has 0 aromatic heterocycles. The Morgan fingerprint density at radius 1 is 1.12 bits per heavy atom. The van der Waals surface area contributed by atoms with Gasteiger partial charge in [0.25, 0.3) is 0 Å². The molecule has 2 aliphatic rings.